The molecule has 3 aliphatic rings. The number of rotatable bonds is 2. The average molecular weight is 326 g/mol. The fourth-order valence-corrected chi connectivity index (χ4v) is 4.95. The molecule has 0 unspecified atom stereocenters. The lowest BCUT2D eigenvalue weighted by molar-refractivity contribution is -0.0941. The van der Waals surface area contributed by atoms with Crippen LogP contribution in [0.3, 0.4) is 0 Å². The van der Waals surface area contributed by atoms with Crippen molar-refractivity contribution in [1.29, 1.82) is 0 Å². The molecule has 2 saturated carbocycles. The highest BCUT2D eigenvalue weighted by Gasteiger charge is 2.35. The van der Waals surface area contributed by atoms with Gasteiger partial charge >= 0.3 is 6.18 Å². The van der Waals surface area contributed by atoms with Gasteiger partial charge < -0.3 is 0 Å². The third-order valence-electron chi connectivity index (χ3n) is 6.57. The zero-order valence-electron chi connectivity index (χ0n) is 14.2. The van der Waals surface area contributed by atoms with E-state index in [2.05, 4.69) is 6.92 Å². The molecule has 0 saturated heterocycles. The van der Waals surface area contributed by atoms with E-state index in [0.29, 0.717) is 12.3 Å². The van der Waals surface area contributed by atoms with Gasteiger partial charge in [0, 0.05) is 5.57 Å². The normalized spacial score (nSPS) is 36.3. The van der Waals surface area contributed by atoms with Crippen molar-refractivity contribution in [1.82, 2.24) is 0 Å². The van der Waals surface area contributed by atoms with Gasteiger partial charge in [0.2, 0.25) is 0 Å². The topological polar surface area (TPSA) is 0 Å². The highest BCUT2D eigenvalue weighted by molar-refractivity contribution is 5.28. The third-order valence-corrected chi connectivity index (χ3v) is 6.57. The molecule has 0 aliphatic heterocycles. The monoisotopic (exact) mass is 326 g/mol. The molecule has 0 radical (unpaired) electrons. The lowest BCUT2D eigenvalue weighted by Gasteiger charge is -2.38. The van der Waals surface area contributed by atoms with Crippen molar-refractivity contribution in [3.8, 4) is 0 Å². The Morgan fingerprint density at radius 1 is 0.783 bits per heavy atom. The van der Waals surface area contributed by atoms with Crippen LogP contribution in [0.1, 0.15) is 71.1 Å². The predicted octanol–water partition coefficient (Wildman–Crippen LogP) is 6.83. The number of halogens is 3. The highest BCUT2D eigenvalue weighted by Crippen LogP contribution is 2.44. The number of hydrogen-bond donors (Lipinski definition) is 0. The molecule has 2 fully saturated rings. The summed E-state index contributed by atoms with van der Waals surface area (Å²) in [7, 11) is 0. The second-order valence-electron chi connectivity index (χ2n) is 8.06. The first-order valence-electron chi connectivity index (χ1n) is 9.40. The quantitative estimate of drug-likeness (QED) is 0.522. The molecule has 0 amide bonds. The molecule has 3 aliphatic carbocycles. The summed E-state index contributed by atoms with van der Waals surface area (Å²) in [5.74, 6) is 3.25. The van der Waals surface area contributed by atoms with Crippen LogP contribution in [0.25, 0.3) is 0 Å². The molecule has 23 heavy (non-hydrogen) atoms. The third kappa shape index (κ3) is 4.22. The molecule has 0 aromatic carbocycles. The fourth-order valence-electron chi connectivity index (χ4n) is 4.95. The van der Waals surface area contributed by atoms with Crippen molar-refractivity contribution in [2.45, 2.75) is 77.3 Å². The van der Waals surface area contributed by atoms with Crippen LogP contribution in [0.4, 0.5) is 13.2 Å². The van der Waals surface area contributed by atoms with Gasteiger partial charge in [0.05, 0.1) is 0 Å². The van der Waals surface area contributed by atoms with E-state index in [1.54, 1.807) is 6.08 Å². The molecular formula is C20H29F3. The molecule has 3 heteroatoms. The van der Waals surface area contributed by atoms with Crippen LogP contribution in [-0.2, 0) is 0 Å². The Balaban J connectivity index is 1.52. The van der Waals surface area contributed by atoms with Crippen LogP contribution < -0.4 is 0 Å². The zero-order valence-corrected chi connectivity index (χ0v) is 14.2. The lowest BCUT2D eigenvalue weighted by Crippen LogP contribution is -2.26. The van der Waals surface area contributed by atoms with Crippen molar-refractivity contribution in [3.05, 3.63) is 23.3 Å². The van der Waals surface area contributed by atoms with E-state index >= 15 is 0 Å². The summed E-state index contributed by atoms with van der Waals surface area (Å²) >= 11 is 0. The first kappa shape index (κ1) is 17.1. The minimum absolute atomic E-state index is 0.176. The van der Waals surface area contributed by atoms with Crippen LogP contribution in [0.15, 0.2) is 23.3 Å². The molecule has 0 spiro atoms. The predicted molar refractivity (Wildman–Crippen MR) is 88.0 cm³/mol. The summed E-state index contributed by atoms with van der Waals surface area (Å²) < 4.78 is 38.1. The van der Waals surface area contributed by atoms with Crippen LogP contribution in [0, 0.1) is 23.7 Å². The summed E-state index contributed by atoms with van der Waals surface area (Å²) in [6, 6.07) is 0. The Bertz CT molecular complexity index is 456. The minimum atomic E-state index is -4.14. The van der Waals surface area contributed by atoms with E-state index < -0.39 is 6.18 Å². The van der Waals surface area contributed by atoms with Gasteiger partial charge in [-0.15, -0.1) is 0 Å². The van der Waals surface area contributed by atoms with Crippen molar-refractivity contribution in [2.24, 2.45) is 23.7 Å². The largest absolute Gasteiger partial charge is 0.412 e. The van der Waals surface area contributed by atoms with Gasteiger partial charge in [0.15, 0.2) is 0 Å². The molecule has 0 heterocycles. The van der Waals surface area contributed by atoms with Crippen LogP contribution in [-0.4, -0.2) is 6.18 Å². The fraction of sp³-hybridized carbons (Fsp3) is 0.800. The summed E-state index contributed by atoms with van der Waals surface area (Å²) in [5, 5.41) is 0. The van der Waals surface area contributed by atoms with E-state index in [4.69, 9.17) is 0 Å². The van der Waals surface area contributed by atoms with Crippen molar-refractivity contribution >= 4 is 0 Å². The zero-order chi connectivity index (χ0) is 16.4. The number of alkyl halides is 3. The number of allylic oxidation sites excluding steroid dienone is 4. The van der Waals surface area contributed by atoms with Crippen LogP contribution in [0.2, 0.25) is 0 Å². The van der Waals surface area contributed by atoms with Crippen LogP contribution >= 0.6 is 0 Å². The van der Waals surface area contributed by atoms with E-state index in [-0.39, 0.29) is 12.0 Å². The summed E-state index contributed by atoms with van der Waals surface area (Å²) in [6.45, 7) is 2.37. The molecule has 0 nitrogen and oxygen atoms in total. The number of hydrogen-bond acceptors (Lipinski definition) is 0. The lowest BCUT2D eigenvalue weighted by atomic mass is 9.68. The average Bonchev–Trinajstić information content (AvgIpc) is 2.55. The molecule has 3 rings (SSSR count). The van der Waals surface area contributed by atoms with Gasteiger partial charge in [0.25, 0.3) is 0 Å². The molecule has 130 valence electrons. The summed E-state index contributed by atoms with van der Waals surface area (Å²) in [6.07, 6.45) is 10.3. The van der Waals surface area contributed by atoms with E-state index in [1.807, 2.05) is 0 Å². The highest BCUT2D eigenvalue weighted by atomic mass is 19.4. The Morgan fingerprint density at radius 3 is 1.83 bits per heavy atom. The summed E-state index contributed by atoms with van der Waals surface area (Å²) in [4.78, 5) is 0. The minimum Gasteiger partial charge on any atom is -0.166 e. The SMILES string of the molecule is CC1CCC(C2CCC(C3=CC=C(C(F)(F)F)CC3)CC2)CC1. The van der Waals surface area contributed by atoms with E-state index in [1.165, 1.54) is 63.0 Å². The Hall–Kier alpha value is -0.730. The standard InChI is InChI=1S/C20H29F3/c1-14-2-4-15(5-3-14)16-6-8-17(9-7-16)18-10-12-19(13-11-18)20(21,22)23/h10,12,14-17H,2-9,11,13H2,1H3. The smallest absolute Gasteiger partial charge is 0.166 e. The summed E-state index contributed by atoms with van der Waals surface area (Å²) in [5.41, 5.74) is 0.917. The second kappa shape index (κ2) is 7.03. The maximum atomic E-state index is 12.7. The molecule has 0 atom stereocenters. The Labute approximate surface area is 138 Å². The van der Waals surface area contributed by atoms with Crippen molar-refractivity contribution < 1.29 is 13.2 Å². The van der Waals surface area contributed by atoms with Crippen molar-refractivity contribution in [3.63, 3.8) is 0 Å². The molecule has 0 aromatic rings. The van der Waals surface area contributed by atoms with Gasteiger partial charge in [-0.25, -0.2) is 0 Å². The first-order valence-corrected chi connectivity index (χ1v) is 9.40. The Morgan fingerprint density at radius 2 is 1.35 bits per heavy atom. The second-order valence-corrected chi connectivity index (χ2v) is 8.06. The molecule has 0 aromatic heterocycles. The Kier molecular flexibility index (Phi) is 5.22. The van der Waals surface area contributed by atoms with E-state index in [9.17, 15) is 13.2 Å². The van der Waals surface area contributed by atoms with Crippen LogP contribution in [0.5, 0.6) is 0 Å². The first-order chi connectivity index (χ1) is 10.9. The van der Waals surface area contributed by atoms with Gasteiger partial charge in [-0.3, -0.25) is 0 Å². The van der Waals surface area contributed by atoms with E-state index in [0.717, 1.165) is 17.8 Å². The van der Waals surface area contributed by atoms with Gasteiger partial charge in [-0.1, -0.05) is 37.5 Å². The van der Waals surface area contributed by atoms with Gasteiger partial charge in [-0.05, 0) is 75.0 Å². The maximum Gasteiger partial charge on any atom is 0.412 e. The molecule has 0 N–H and O–H groups in total. The molecular weight excluding hydrogens is 297 g/mol. The van der Waals surface area contributed by atoms with Gasteiger partial charge in [-0.2, -0.15) is 13.2 Å². The van der Waals surface area contributed by atoms with Crippen molar-refractivity contribution in [2.75, 3.05) is 0 Å². The maximum absolute atomic E-state index is 12.7. The molecule has 0 bridgehead atoms. The van der Waals surface area contributed by atoms with Gasteiger partial charge in [0.1, 0.15) is 0 Å².